The van der Waals surface area contributed by atoms with E-state index in [2.05, 4.69) is 4.90 Å². The number of amides is 1. The second-order valence-corrected chi connectivity index (χ2v) is 8.02. The number of ether oxygens (including phenoxy) is 1. The summed E-state index contributed by atoms with van der Waals surface area (Å²) in [6.45, 7) is 4.89. The van der Waals surface area contributed by atoms with Crippen molar-refractivity contribution < 1.29 is 9.53 Å². The van der Waals surface area contributed by atoms with E-state index in [0.29, 0.717) is 26.3 Å². The summed E-state index contributed by atoms with van der Waals surface area (Å²) in [6, 6.07) is 1.96. The number of fused-ring (bicyclic) bond motifs is 1. The zero-order valence-corrected chi connectivity index (χ0v) is 14.0. The maximum Gasteiger partial charge on any atom is 0.264 e. The lowest BCUT2D eigenvalue weighted by molar-refractivity contribution is 0.0306. The van der Waals surface area contributed by atoms with Crippen LogP contribution in [-0.2, 0) is 4.74 Å². The number of nitrogens with zero attached hydrogens (tertiary/aromatic N) is 3. The van der Waals surface area contributed by atoms with Gasteiger partial charge in [0, 0.05) is 26.2 Å². The molecule has 2 aromatic heterocycles. The number of hydrogen-bond donors (Lipinski definition) is 0. The molecule has 7 heteroatoms. The van der Waals surface area contributed by atoms with E-state index in [1.54, 1.807) is 22.7 Å². The normalized spacial score (nSPS) is 19.8. The third-order valence-corrected chi connectivity index (χ3v) is 6.55. The summed E-state index contributed by atoms with van der Waals surface area (Å²) < 4.78 is 6.47. The molecule has 0 unspecified atom stereocenters. The van der Waals surface area contributed by atoms with Gasteiger partial charge < -0.3 is 14.5 Å². The minimum atomic E-state index is 0.123. The number of carbonyl (C=O) groups excluding carboxylic acids is 1. The van der Waals surface area contributed by atoms with Crippen LogP contribution in [0.1, 0.15) is 28.9 Å². The van der Waals surface area contributed by atoms with E-state index in [4.69, 9.17) is 9.72 Å². The van der Waals surface area contributed by atoms with Gasteiger partial charge in [0.2, 0.25) is 0 Å². The molecule has 4 rings (SSSR count). The summed E-state index contributed by atoms with van der Waals surface area (Å²) in [5.41, 5.74) is 0.979. The molecule has 0 atom stereocenters. The lowest BCUT2D eigenvalue weighted by Crippen LogP contribution is -2.40. The Morgan fingerprint density at radius 2 is 1.86 bits per heavy atom. The highest BCUT2D eigenvalue weighted by atomic mass is 32.2. The molecule has 2 aliphatic rings. The maximum absolute atomic E-state index is 12.5. The quantitative estimate of drug-likeness (QED) is 0.845. The van der Waals surface area contributed by atoms with Crippen LogP contribution in [0.4, 0.5) is 5.13 Å². The molecule has 0 N–H and O–H groups in total. The number of aromatic nitrogens is 1. The average molecular weight is 337 g/mol. The number of carbonyl (C=O) groups is 1. The van der Waals surface area contributed by atoms with Gasteiger partial charge >= 0.3 is 0 Å². The minimum absolute atomic E-state index is 0.123. The van der Waals surface area contributed by atoms with Gasteiger partial charge in [-0.25, -0.2) is 4.98 Å². The molecule has 2 fully saturated rings. The summed E-state index contributed by atoms with van der Waals surface area (Å²) >= 11 is 3.31. The first-order valence-electron chi connectivity index (χ1n) is 7.83. The van der Waals surface area contributed by atoms with E-state index in [-0.39, 0.29) is 5.91 Å². The van der Waals surface area contributed by atoms with E-state index in [0.717, 1.165) is 32.6 Å². The fourth-order valence-electron chi connectivity index (χ4n) is 2.97. The Balaban J connectivity index is 1.54. The molecule has 0 spiro atoms. The molecular weight excluding hydrogens is 318 g/mol. The van der Waals surface area contributed by atoms with Gasteiger partial charge in [0.05, 0.1) is 23.6 Å². The Morgan fingerprint density at radius 1 is 1.09 bits per heavy atom. The fourth-order valence-corrected chi connectivity index (χ4v) is 5.26. The third kappa shape index (κ3) is 2.73. The number of morpholine rings is 1. The molecule has 2 aliphatic heterocycles. The van der Waals surface area contributed by atoms with Crippen molar-refractivity contribution in [3.8, 4) is 0 Å². The Labute approximate surface area is 137 Å². The Morgan fingerprint density at radius 3 is 2.59 bits per heavy atom. The predicted molar refractivity (Wildman–Crippen MR) is 90.3 cm³/mol. The van der Waals surface area contributed by atoms with Crippen LogP contribution >= 0.6 is 22.7 Å². The lowest BCUT2D eigenvalue weighted by Gasteiger charge is -2.26. The Hall–Kier alpha value is -1.18. The smallest absolute Gasteiger partial charge is 0.264 e. The van der Waals surface area contributed by atoms with E-state index in [9.17, 15) is 4.79 Å². The zero-order chi connectivity index (χ0) is 14.9. The van der Waals surface area contributed by atoms with E-state index in [1.807, 2.05) is 11.0 Å². The van der Waals surface area contributed by atoms with Crippen molar-refractivity contribution in [3.05, 3.63) is 10.9 Å². The Kier molecular flexibility index (Phi) is 4.02. The van der Waals surface area contributed by atoms with Gasteiger partial charge in [-0.1, -0.05) is 11.3 Å². The van der Waals surface area contributed by atoms with Gasteiger partial charge in [0.25, 0.3) is 5.91 Å². The number of thiazole rings is 1. The molecule has 22 heavy (non-hydrogen) atoms. The van der Waals surface area contributed by atoms with Crippen LogP contribution in [0.15, 0.2) is 6.07 Å². The summed E-state index contributed by atoms with van der Waals surface area (Å²) in [6.07, 6.45) is 3.84. The van der Waals surface area contributed by atoms with E-state index < -0.39 is 0 Å². The third-order valence-electron chi connectivity index (χ3n) is 4.22. The highest BCUT2D eigenvalue weighted by Gasteiger charge is 2.22. The first-order valence-corrected chi connectivity index (χ1v) is 9.47. The number of anilines is 1. The van der Waals surface area contributed by atoms with Crippen molar-refractivity contribution in [2.24, 2.45) is 0 Å². The van der Waals surface area contributed by atoms with Crippen LogP contribution in [-0.4, -0.2) is 55.2 Å². The number of piperidine rings is 1. The first kappa shape index (κ1) is 14.4. The summed E-state index contributed by atoms with van der Waals surface area (Å²) in [4.78, 5) is 22.3. The molecule has 0 aromatic carbocycles. The second-order valence-electron chi connectivity index (χ2n) is 5.73. The number of hydrogen-bond acceptors (Lipinski definition) is 6. The monoisotopic (exact) mass is 337 g/mol. The Bertz CT molecular complexity index is 638. The molecule has 4 heterocycles. The summed E-state index contributed by atoms with van der Waals surface area (Å²) in [5.74, 6) is 0.123. The van der Waals surface area contributed by atoms with Crippen LogP contribution in [0, 0.1) is 0 Å². The number of rotatable bonds is 2. The molecule has 1 amide bonds. The average Bonchev–Trinajstić information content (AvgIpc) is 3.15. The molecule has 0 radical (unpaired) electrons. The standard InChI is InChI=1S/C15H19N3O2S2/c19-13(17-6-8-20-9-7-17)12-10-11-14(21-12)22-15(16-11)18-4-2-1-3-5-18/h10H,1-9H2. The first-order chi connectivity index (χ1) is 10.8. The highest BCUT2D eigenvalue weighted by molar-refractivity contribution is 7.40. The van der Waals surface area contributed by atoms with E-state index >= 15 is 0 Å². The van der Waals surface area contributed by atoms with Crippen molar-refractivity contribution in [1.29, 1.82) is 0 Å². The number of thiophene rings is 1. The highest BCUT2D eigenvalue weighted by Crippen LogP contribution is 2.36. The summed E-state index contributed by atoms with van der Waals surface area (Å²) in [7, 11) is 0. The lowest BCUT2D eigenvalue weighted by atomic mass is 10.1. The van der Waals surface area contributed by atoms with Crippen LogP contribution < -0.4 is 4.90 Å². The van der Waals surface area contributed by atoms with Crippen molar-refractivity contribution in [3.63, 3.8) is 0 Å². The second kappa shape index (κ2) is 6.14. The van der Waals surface area contributed by atoms with Crippen molar-refractivity contribution in [2.45, 2.75) is 19.3 Å². The predicted octanol–water partition coefficient (Wildman–Crippen LogP) is 2.82. The summed E-state index contributed by atoms with van der Waals surface area (Å²) in [5, 5.41) is 1.12. The van der Waals surface area contributed by atoms with Gasteiger partial charge in [0.15, 0.2) is 5.13 Å². The van der Waals surface area contributed by atoms with Gasteiger partial charge in [0.1, 0.15) is 4.01 Å². The van der Waals surface area contributed by atoms with Gasteiger partial charge in [-0.2, -0.15) is 0 Å². The molecule has 2 aromatic rings. The van der Waals surface area contributed by atoms with E-state index in [1.165, 1.54) is 19.3 Å². The molecule has 118 valence electrons. The van der Waals surface area contributed by atoms with Crippen LogP contribution in [0.5, 0.6) is 0 Å². The van der Waals surface area contributed by atoms with Gasteiger partial charge in [-0.3, -0.25) is 4.79 Å². The largest absolute Gasteiger partial charge is 0.378 e. The molecule has 2 saturated heterocycles. The molecule has 0 saturated carbocycles. The van der Waals surface area contributed by atoms with Gasteiger partial charge in [-0.05, 0) is 25.3 Å². The molecule has 0 bridgehead atoms. The molecule has 5 nitrogen and oxygen atoms in total. The van der Waals surface area contributed by atoms with Crippen LogP contribution in [0.25, 0.3) is 9.53 Å². The topological polar surface area (TPSA) is 45.7 Å². The van der Waals surface area contributed by atoms with Crippen LogP contribution in [0.2, 0.25) is 0 Å². The van der Waals surface area contributed by atoms with Crippen molar-refractivity contribution in [1.82, 2.24) is 9.88 Å². The van der Waals surface area contributed by atoms with Crippen molar-refractivity contribution in [2.75, 3.05) is 44.3 Å². The zero-order valence-electron chi connectivity index (χ0n) is 12.4. The van der Waals surface area contributed by atoms with Crippen molar-refractivity contribution >= 4 is 43.2 Å². The van der Waals surface area contributed by atoms with Crippen LogP contribution in [0.3, 0.4) is 0 Å². The minimum Gasteiger partial charge on any atom is -0.378 e. The maximum atomic E-state index is 12.5. The molecular formula is C15H19N3O2S2. The SMILES string of the molecule is O=C(c1cc2nc(N3CCCCC3)sc2s1)N1CCOCC1. The molecule has 0 aliphatic carbocycles. The fraction of sp³-hybridized carbons (Fsp3) is 0.600. The van der Waals surface area contributed by atoms with Gasteiger partial charge in [-0.15, -0.1) is 11.3 Å².